The van der Waals surface area contributed by atoms with Crippen molar-refractivity contribution in [2.75, 3.05) is 18.0 Å². The van der Waals surface area contributed by atoms with Crippen LogP contribution in [0.25, 0.3) is 0 Å². The minimum Gasteiger partial charge on any atom is -0.319 e. The molecule has 148 valence electrons. The summed E-state index contributed by atoms with van der Waals surface area (Å²) in [6.45, 7) is 2.40. The van der Waals surface area contributed by atoms with Gasteiger partial charge in [0.2, 0.25) is 5.91 Å². The van der Waals surface area contributed by atoms with E-state index in [1.807, 2.05) is 43.3 Å². The number of carbonyl (C=O) groups excluding carboxylic acids is 3. The molecule has 3 aliphatic rings. The van der Waals surface area contributed by atoms with Gasteiger partial charge in [-0.05, 0) is 55.4 Å². The van der Waals surface area contributed by atoms with Gasteiger partial charge >= 0.3 is 6.03 Å². The normalized spacial score (nSPS) is 22.7. The molecular weight excluding hydrogens is 366 g/mol. The predicted molar refractivity (Wildman–Crippen MR) is 109 cm³/mol. The number of hydrogen-bond acceptors (Lipinski definition) is 3. The van der Waals surface area contributed by atoms with Crippen LogP contribution in [0.5, 0.6) is 0 Å². The molecule has 1 fully saturated rings. The first-order valence-corrected chi connectivity index (χ1v) is 10.1. The predicted octanol–water partition coefficient (Wildman–Crippen LogP) is 2.67. The lowest BCUT2D eigenvalue weighted by Gasteiger charge is -2.31. The molecule has 1 aliphatic carbocycles. The maximum Gasteiger partial charge on any atom is 0.325 e. The molecule has 4 amide bonds. The number of rotatable bonds is 2. The van der Waals surface area contributed by atoms with E-state index in [0.29, 0.717) is 13.0 Å². The van der Waals surface area contributed by atoms with Crippen molar-refractivity contribution in [3.63, 3.8) is 0 Å². The van der Waals surface area contributed by atoms with E-state index < -0.39 is 11.6 Å². The van der Waals surface area contributed by atoms with Gasteiger partial charge in [0.15, 0.2) is 0 Å². The van der Waals surface area contributed by atoms with E-state index in [9.17, 15) is 14.4 Å². The number of aryl methyl sites for hydroxylation is 3. The molecule has 29 heavy (non-hydrogen) atoms. The first-order valence-electron chi connectivity index (χ1n) is 10.1. The number of benzene rings is 2. The van der Waals surface area contributed by atoms with Gasteiger partial charge in [-0.25, -0.2) is 4.79 Å². The van der Waals surface area contributed by atoms with Crippen molar-refractivity contribution in [2.45, 2.75) is 38.1 Å². The Morgan fingerprint density at radius 2 is 1.93 bits per heavy atom. The van der Waals surface area contributed by atoms with Crippen LogP contribution in [0.15, 0.2) is 42.5 Å². The zero-order valence-electron chi connectivity index (χ0n) is 16.4. The summed E-state index contributed by atoms with van der Waals surface area (Å²) in [4.78, 5) is 41.9. The van der Waals surface area contributed by atoms with Gasteiger partial charge in [-0.15, -0.1) is 0 Å². The highest BCUT2D eigenvalue weighted by atomic mass is 16.2. The summed E-state index contributed by atoms with van der Waals surface area (Å²) in [7, 11) is 0. The van der Waals surface area contributed by atoms with E-state index in [4.69, 9.17) is 0 Å². The molecule has 2 aromatic rings. The summed E-state index contributed by atoms with van der Waals surface area (Å²) in [6, 6.07) is 13.3. The quantitative estimate of drug-likeness (QED) is 0.803. The Kier molecular flexibility index (Phi) is 3.98. The van der Waals surface area contributed by atoms with Crippen molar-refractivity contribution in [1.82, 2.24) is 10.2 Å². The molecule has 0 saturated carbocycles. The number of urea groups is 1. The summed E-state index contributed by atoms with van der Waals surface area (Å²) < 4.78 is 0. The van der Waals surface area contributed by atoms with Crippen LogP contribution >= 0.6 is 0 Å². The SMILES string of the molecule is Cc1ccc2c(c1)CCCN2C(=O)CN1C(=O)N[C@]2(CCc3ccccc32)C1=O. The van der Waals surface area contributed by atoms with E-state index in [1.54, 1.807) is 4.90 Å². The smallest absolute Gasteiger partial charge is 0.319 e. The number of fused-ring (bicyclic) bond motifs is 3. The van der Waals surface area contributed by atoms with E-state index in [0.717, 1.165) is 52.1 Å². The van der Waals surface area contributed by atoms with Crippen molar-refractivity contribution in [2.24, 2.45) is 0 Å². The van der Waals surface area contributed by atoms with Crippen LogP contribution < -0.4 is 10.2 Å². The molecule has 2 heterocycles. The highest BCUT2D eigenvalue weighted by Crippen LogP contribution is 2.41. The summed E-state index contributed by atoms with van der Waals surface area (Å²) in [5.74, 6) is -0.538. The average molecular weight is 389 g/mol. The molecule has 0 aromatic heterocycles. The number of carbonyl (C=O) groups is 3. The fourth-order valence-electron chi connectivity index (χ4n) is 4.94. The Balaban J connectivity index is 1.40. The van der Waals surface area contributed by atoms with Gasteiger partial charge in [-0.3, -0.25) is 14.5 Å². The monoisotopic (exact) mass is 389 g/mol. The van der Waals surface area contributed by atoms with Gasteiger partial charge in [-0.1, -0.05) is 42.0 Å². The molecule has 1 atom stereocenters. The fraction of sp³-hybridized carbons (Fsp3) is 0.348. The van der Waals surface area contributed by atoms with Gasteiger partial charge in [0.25, 0.3) is 5.91 Å². The van der Waals surface area contributed by atoms with E-state index in [2.05, 4.69) is 11.4 Å². The number of imide groups is 1. The maximum atomic E-state index is 13.3. The number of nitrogens with zero attached hydrogens (tertiary/aromatic N) is 2. The van der Waals surface area contributed by atoms with Crippen LogP contribution in [0, 0.1) is 6.92 Å². The van der Waals surface area contributed by atoms with Crippen LogP contribution in [-0.2, 0) is 28.0 Å². The van der Waals surface area contributed by atoms with E-state index in [1.165, 1.54) is 0 Å². The summed E-state index contributed by atoms with van der Waals surface area (Å²) >= 11 is 0. The Bertz CT molecular complexity index is 1050. The topological polar surface area (TPSA) is 69.7 Å². The number of amides is 4. The fourth-order valence-corrected chi connectivity index (χ4v) is 4.94. The van der Waals surface area contributed by atoms with Crippen LogP contribution in [0.4, 0.5) is 10.5 Å². The van der Waals surface area contributed by atoms with Crippen molar-refractivity contribution in [3.05, 3.63) is 64.7 Å². The van der Waals surface area contributed by atoms with Crippen molar-refractivity contribution in [3.8, 4) is 0 Å². The second-order valence-electron chi connectivity index (χ2n) is 8.17. The average Bonchev–Trinajstić information content (AvgIpc) is 3.20. The zero-order valence-corrected chi connectivity index (χ0v) is 16.4. The summed E-state index contributed by atoms with van der Waals surface area (Å²) in [5, 5.41) is 2.89. The first-order chi connectivity index (χ1) is 14.0. The standard InChI is InChI=1S/C23H23N3O3/c1-15-8-9-19-17(13-15)6-4-12-25(19)20(27)14-26-21(28)23(24-22(26)29)11-10-16-5-2-3-7-18(16)23/h2-3,5,7-9,13H,4,6,10-12,14H2,1H3,(H,24,29)/t23-/m0/s1. The second-order valence-corrected chi connectivity index (χ2v) is 8.17. The molecule has 1 spiro atoms. The van der Waals surface area contributed by atoms with Crippen LogP contribution in [0.1, 0.15) is 35.1 Å². The molecule has 2 aliphatic heterocycles. The molecule has 6 heteroatoms. The number of anilines is 1. The minimum atomic E-state index is -1.02. The Morgan fingerprint density at radius 1 is 1.10 bits per heavy atom. The molecule has 0 bridgehead atoms. The lowest BCUT2D eigenvalue weighted by atomic mass is 9.92. The first kappa shape index (κ1) is 17.9. The molecular formula is C23H23N3O3. The largest absolute Gasteiger partial charge is 0.325 e. The molecule has 2 aromatic carbocycles. The second kappa shape index (κ2) is 6.44. The lowest BCUT2D eigenvalue weighted by molar-refractivity contribution is -0.134. The number of hydrogen-bond donors (Lipinski definition) is 1. The highest BCUT2D eigenvalue weighted by Gasteiger charge is 2.55. The molecule has 0 unspecified atom stereocenters. The Hall–Kier alpha value is -3.15. The van der Waals surface area contributed by atoms with Crippen LogP contribution in [0.3, 0.4) is 0 Å². The van der Waals surface area contributed by atoms with Gasteiger partial charge in [0.05, 0.1) is 0 Å². The maximum absolute atomic E-state index is 13.3. The van der Waals surface area contributed by atoms with E-state index >= 15 is 0 Å². The molecule has 0 radical (unpaired) electrons. The Morgan fingerprint density at radius 3 is 2.79 bits per heavy atom. The highest BCUT2D eigenvalue weighted by molar-refractivity contribution is 6.11. The molecule has 1 saturated heterocycles. The summed E-state index contributed by atoms with van der Waals surface area (Å²) in [5.41, 5.74) is 4.10. The van der Waals surface area contributed by atoms with Gasteiger partial charge in [0.1, 0.15) is 12.1 Å². The van der Waals surface area contributed by atoms with Crippen LogP contribution in [0.2, 0.25) is 0 Å². The molecule has 5 rings (SSSR count). The van der Waals surface area contributed by atoms with Crippen LogP contribution in [-0.4, -0.2) is 35.8 Å². The summed E-state index contributed by atoms with van der Waals surface area (Å²) in [6.07, 6.45) is 3.08. The van der Waals surface area contributed by atoms with Crippen molar-refractivity contribution < 1.29 is 14.4 Å². The zero-order chi connectivity index (χ0) is 20.2. The minimum absolute atomic E-state index is 0.221. The lowest BCUT2D eigenvalue weighted by Crippen LogP contribution is -2.46. The molecule has 1 N–H and O–H groups in total. The Labute approximate surface area is 169 Å². The van der Waals surface area contributed by atoms with Gasteiger partial charge < -0.3 is 10.2 Å². The third kappa shape index (κ3) is 2.66. The van der Waals surface area contributed by atoms with Crippen molar-refractivity contribution >= 4 is 23.5 Å². The van der Waals surface area contributed by atoms with Crippen molar-refractivity contribution in [1.29, 1.82) is 0 Å². The van der Waals surface area contributed by atoms with E-state index in [-0.39, 0.29) is 18.4 Å². The number of nitrogens with one attached hydrogen (secondary N) is 1. The third-order valence-electron chi connectivity index (χ3n) is 6.37. The van der Waals surface area contributed by atoms with Gasteiger partial charge in [0, 0.05) is 12.2 Å². The third-order valence-corrected chi connectivity index (χ3v) is 6.37. The van der Waals surface area contributed by atoms with Gasteiger partial charge in [-0.2, -0.15) is 0 Å². The molecule has 6 nitrogen and oxygen atoms in total.